The fourth-order valence-corrected chi connectivity index (χ4v) is 2.39. The first-order valence-corrected chi connectivity index (χ1v) is 7.60. The molecule has 1 N–H and O–H groups in total. The molecule has 0 unspecified atom stereocenters. The van der Waals surface area contributed by atoms with Crippen molar-refractivity contribution in [2.45, 2.75) is 39.8 Å². The van der Waals surface area contributed by atoms with Gasteiger partial charge in [-0.2, -0.15) is 0 Å². The summed E-state index contributed by atoms with van der Waals surface area (Å²) in [5.41, 5.74) is 2.81. The third-order valence-corrected chi connectivity index (χ3v) is 3.62. The highest BCUT2D eigenvalue weighted by Gasteiger charge is 2.22. The molecule has 0 aromatic heterocycles. The van der Waals surface area contributed by atoms with Crippen molar-refractivity contribution in [3.8, 4) is 0 Å². The molecule has 1 aliphatic carbocycles. The molecule has 19 heavy (non-hydrogen) atoms. The number of nitrogens with zero attached hydrogens (tertiary/aromatic N) is 1. The Morgan fingerprint density at radius 3 is 2.37 bits per heavy atom. The summed E-state index contributed by atoms with van der Waals surface area (Å²) < 4.78 is 0. The van der Waals surface area contributed by atoms with Crippen LogP contribution in [-0.4, -0.2) is 25.0 Å². The standard InChI is InChI=1S/C17H28N2/c1-14(2)10-18-11-15-4-6-16(7-5-15)12-19(3)13-17-8-9-17/h4-7,14,17-18H,8-13H2,1-3H3. The fourth-order valence-electron chi connectivity index (χ4n) is 2.39. The summed E-state index contributed by atoms with van der Waals surface area (Å²) in [4.78, 5) is 2.45. The molecule has 0 aliphatic heterocycles. The Bertz CT molecular complexity index is 365. The normalized spacial score (nSPS) is 15.4. The maximum atomic E-state index is 3.49. The first-order chi connectivity index (χ1) is 9.13. The van der Waals surface area contributed by atoms with Crippen molar-refractivity contribution in [2.24, 2.45) is 11.8 Å². The van der Waals surface area contributed by atoms with Gasteiger partial charge in [0.05, 0.1) is 0 Å². The SMILES string of the molecule is CC(C)CNCc1ccc(CN(C)CC2CC2)cc1. The summed E-state index contributed by atoms with van der Waals surface area (Å²) in [6.45, 7) is 8.90. The molecule has 0 amide bonds. The molecule has 1 aromatic carbocycles. The van der Waals surface area contributed by atoms with E-state index in [1.165, 1.54) is 30.5 Å². The van der Waals surface area contributed by atoms with Gasteiger partial charge >= 0.3 is 0 Å². The van der Waals surface area contributed by atoms with Gasteiger partial charge in [0, 0.05) is 19.6 Å². The van der Waals surface area contributed by atoms with Gasteiger partial charge in [0.25, 0.3) is 0 Å². The number of nitrogens with one attached hydrogen (secondary N) is 1. The Hall–Kier alpha value is -0.860. The first-order valence-electron chi connectivity index (χ1n) is 7.60. The third kappa shape index (κ3) is 5.75. The lowest BCUT2D eigenvalue weighted by Crippen LogP contribution is -2.20. The molecule has 0 atom stereocenters. The van der Waals surface area contributed by atoms with Crippen LogP contribution in [0.15, 0.2) is 24.3 Å². The Morgan fingerprint density at radius 1 is 1.16 bits per heavy atom. The lowest BCUT2D eigenvalue weighted by molar-refractivity contribution is 0.313. The van der Waals surface area contributed by atoms with Crippen LogP contribution >= 0.6 is 0 Å². The molecule has 0 radical (unpaired) electrons. The van der Waals surface area contributed by atoms with Crippen LogP contribution in [0.2, 0.25) is 0 Å². The van der Waals surface area contributed by atoms with Gasteiger partial charge in [0.2, 0.25) is 0 Å². The topological polar surface area (TPSA) is 15.3 Å². The maximum absolute atomic E-state index is 3.49. The van der Waals surface area contributed by atoms with Crippen molar-refractivity contribution in [1.82, 2.24) is 10.2 Å². The highest BCUT2D eigenvalue weighted by atomic mass is 15.1. The van der Waals surface area contributed by atoms with E-state index in [1.54, 1.807) is 0 Å². The largest absolute Gasteiger partial charge is 0.312 e. The van der Waals surface area contributed by atoms with Gasteiger partial charge in [-0.15, -0.1) is 0 Å². The average Bonchev–Trinajstić information content (AvgIpc) is 3.14. The molecule has 1 aliphatic rings. The highest BCUT2D eigenvalue weighted by molar-refractivity contribution is 5.22. The van der Waals surface area contributed by atoms with Crippen LogP contribution in [0.3, 0.4) is 0 Å². The van der Waals surface area contributed by atoms with Crippen LogP contribution in [0.1, 0.15) is 37.8 Å². The van der Waals surface area contributed by atoms with Crippen LogP contribution in [0.25, 0.3) is 0 Å². The molecule has 0 spiro atoms. The van der Waals surface area contributed by atoms with Gasteiger partial charge in [-0.25, -0.2) is 0 Å². The van der Waals surface area contributed by atoms with Crippen molar-refractivity contribution in [3.63, 3.8) is 0 Å². The Morgan fingerprint density at radius 2 is 1.79 bits per heavy atom. The summed E-state index contributed by atoms with van der Waals surface area (Å²) in [6.07, 6.45) is 2.87. The van der Waals surface area contributed by atoms with Gasteiger partial charge in [-0.05, 0) is 49.4 Å². The van der Waals surface area contributed by atoms with Gasteiger partial charge < -0.3 is 10.2 Å². The smallest absolute Gasteiger partial charge is 0.0230 e. The van der Waals surface area contributed by atoms with Crippen LogP contribution in [-0.2, 0) is 13.1 Å². The fraction of sp³-hybridized carbons (Fsp3) is 0.647. The molecule has 2 rings (SSSR count). The van der Waals surface area contributed by atoms with Gasteiger partial charge in [0.15, 0.2) is 0 Å². The molecule has 106 valence electrons. The molecule has 1 saturated carbocycles. The zero-order valence-corrected chi connectivity index (χ0v) is 12.7. The molecule has 0 heterocycles. The molecule has 2 heteroatoms. The van der Waals surface area contributed by atoms with Crippen molar-refractivity contribution in [3.05, 3.63) is 35.4 Å². The van der Waals surface area contributed by atoms with Crippen molar-refractivity contribution < 1.29 is 0 Å². The summed E-state index contributed by atoms with van der Waals surface area (Å²) in [5.74, 6) is 1.69. The van der Waals surface area contributed by atoms with E-state index >= 15 is 0 Å². The van der Waals surface area contributed by atoms with E-state index in [4.69, 9.17) is 0 Å². The monoisotopic (exact) mass is 260 g/mol. The second kappa shape index (κ2) is 7.06. The number of benzene rings is 1. The average molecular weight is 260 g/mol. The molecule has 2 nitrogen and oxygen atoms in total. The molecular weight excluding hydrogens is 232 g/mol. The van der Waals surface area contributed by atoms with E-state index in [1.807, 2.05) is 0 Å². The van der Waals surface area contributed by atoms with E-state index in [2.05, 4.69) is 55.4 Å². The van der Waals surface area contributed by atoms with Gasteiger partial charge in [0.1, 0.15) is 0 Å². The minimum absolute atomic E-state index is 0.718. The van der Waals surface area contributed by atoms with Gasteiger partial charge in [-0.3, -0.25) is 0 Å². The van der Waals surface area contributed by atoms with Gasteiger partial charge in [-0.1, -0.05) is 38.1 Å². The Kier molecular flexibility index (Phi) is 5.41. The molecule has 0 saturated heterocycles. The van der Waals surface area contributed by atoms with Crippen LogP contribution < -0.4 is 5.32 Å². The van der Waals surface area contributed by atoms with E-state index in [0.717, 1.165) is 31.5 Å². The number of hydrogen-bond donors (Lipinski definition) is 1. The molecule has 1 aromatic rings. The highest BCUT2D eigenvalue weighted by Crippen LogP contribution is 2.29. The van der Waals surface area contributed by atoms with Crippen molar-refractivity contribution in [1.29, 1.82) is 0 Å². The lowest BCUT2D eigenvalue weighted by atomic mass is 10.1. The number of hydrogen-bond acceptors (Lipinski definition) is 2. The zero-order chi connectivity index (χ0) is 13.7. The zero-order valence-electron chi connectivity index (χ0n) is 12.7. The van der Waals surface area contributed by atoms with Crippen LogP contribution in [0, 0.1) is 11.8 Å². The predicted octanol–water partition coefficient (Wildman–Crippen LogP) is 3.27. The van der Waals surface area contributed by atoms with Crippen molar-refractivity contribution >= 4 is 0 Å². The minimum atomic E-state index is 0.718. The third-order valence-electron chi connectivity index (χ3n) is 3.62. The second-order valence-electron chi connectivity index (χ2n) is 6.48. The molecular formula is C17H28N2. The first kappa shape index (κ1) is 14.5. The summed E-state index contributed by atoms with van der Waals surface area (Å²) in [6, 6.07) is 9.06. The summed E-state index contributed by atoms with van der Waals surface area (Å²) >= 11 is 0. The van der Waals surface area contributed by atoms with E-state index in [9.17, 15) is 0 Å². The molecule has 1 fully saturated rings. The minimum Gasteiger partial charge on any atom is -0.312 e. The summed E-state index contributed by atoms with van der Waals surface area (Å²) in [5, 5.41) is 3.49. The van der Waals surface area contributed by atoms with E-state index in [-0.39, 0.29) is 0 Å². The van der Waals surface area contributed by atoms with E-state index in [0.29, 0.717) is 0 Å². The van der Waals surface area contributed by atoms with Crippen LogP contribution in [0.5, 0.6) is 0 Å². The van der Waals surface area contributed by atoms with Crippen LogP contribution in [0.4, 0.5) is 0 Å². The Labute approximate surface area is 118 Å². The Balaban J connectivity index is 1.73. The second-order valence-corrected chi connectivity index (χ2v) is 6.48. The quantitative estimate of drug-likeness (QED) is 0.771. The summed E-state index contributed by atoms with van der Waals surface area (Å²) in [7, 11) is 2.23. The van der Waals surface area contributed by atoms with Crippen molar-refractivity contribution in [2.75, 3.05) is 20.1 Å². The predicted molar refractivity (Wildman–Crippen MR) is 82.0 cm³/mol. The lowest BCUT2D eigenvalue weighted by Gasteiger charge is -2.16. The molecule has 0 bridgehead atoms. The number of rotatable bonds is 8. The maximum Gasteiger partial charge on any atom is 0.0230 e. The van der Waals surface area contributed by atoms with E-state index < -0.39 is 0 Å².